The average molecular weight is 327 g/mol. The Morgan fingerprint density at radius 3 is 2.77 bits per heavy atom. The van der Waals surface area contributed by atoms with Gasteiger partial charge in [0.25, 0.3) is 5.91 Å². The van der Waals surface area contributed by atoms with E-state index in [9.17, 15) is 14.0 Å². The fourth-order valence-corrected chi connectivity index (χ4v) is 3.38. The number of amides is 1. The van der Waals surface area contributed by atoms with E-state index in [1.54, 1.807) is 23.6 Å². The first-order chi connectivity index (χ1) is 10.5. The maximum atomic E-state index is 12.9. The first-order valence-corrected chi connectivity index (χ1v) is 8.15. The average Bonchev–Trinajstić information content (AvgIpc) is 2.49. The molecule has 1 saturated heterocycles. The molecular formula is C15H18FNO4S. The highest BCUT2D eigenvalue weighted by atomic mass is 32.2. The second kappa shape index (κ2) is 7.49. The van der Waals surface area contributed by atoms with Crippen molar-refractivity contribution in [2.24, 2.45) is 0 Å². The van der Waals surface area contributed by atoms with Crippen molar-refractivity contribution in [1.29, 1.82) is 0 Å². The van der Waals surface area contributed by atoms with Gasteiger partial charge in [0.05, 0.1) is 12.5 Å². The van der Waals surface area contributed by atoms with E-state index in [4.69, 9.17) is 9.84 Å². The third-order valence-corrected chi connectivity index (χ3v) is 4.49. The summed E-state index contributed by atoms with van der Waals surface area (Å²) in [6.45, 7) is 2.13. The number of rotatable bonds is 5. The molecule has 2 unspecified atom stereocenters. The Balaban J connectivity index is 2.01. The number of hydrogen-bond donors (Lipinski definition) is 1. The summed E-state index contributed by atoms with van der Waals surface area (Å²) in [5, 5.41) is 8.95. The number of hydrogen-bond acceptors (Lipinski definition) is 4. The summed E-state index contributed by atoms with van der Waals surface area (Å²) < 4.78 is 18.4. The van der Waals surface area contributed by atoms with E-state index in [-0.39, 0.29) is 24.2 Å². The van der Waals surface area contributed by atoms with E-state index in [0.717, 1.165) is 5.75 Å². The van der Waals surface area contributed by atoms with Crippen molar-refractivity contribution in [3.63, 3.8) is 0 Å². The van der Waals surface area contributed by atoms with Crippen LogP contribution < -0.4 is 4.74 Å². The molecule has 2 atom stereocenters. The van der Waals surface area contributed by atoms with Crippen LogP contribution in [0.1, 0.15) is 13.3 Å². The number of aliphatic carboxylic acids is 1. The molecule has 0 bridgehead atoms. The normalized spacial score (nSPS) is 19.5. The number of carboxylic acids is 1. The summed E-state index contributed by atoms with van der Waals surface area (Å²) in [6, 6.07) is 5.12. The zero-order valence-corrected chi connectivity index (χ0v) is 13.0. The zero-order chi connectivity index (χ0) is 16.1. The number of nitrogens with zero attached hydrogens (tertiary/aromatic N) is 1. The quantitative estimate of drug-likeness (QED) is 0.896. The summed E-state index contributed by atoms with van der Waals surface area (Å²) in [5.41, 5.74) is 0. The summed E-state index contributed by atoms with van der Waals surface area (Å²) >= 11 is 1.64. The first-order valence-electron chi connectivity index (χ1n) is 6.99. The molecule has 1 aliphatic rings. The van der Waals surface area contributed by atoms with Crippen LogP contribution in [0.4, 0.5) is 4.39 Å². The molecule has 0 spiro atoms. The van der Waals surface area contributed by atoms with Crippen LogP contribution in [0.15, 0.2) is 24.3 Å². The molecule has 5 nitrogen and oxygen atoms in total. The maximum absolute atomic E-state index is 12.9. The van der Waals surface area contributed by atoms with Crippen molar-refractivity contribution in [3.8, 4) is 5.75 Å². The fraction of sp³-hybridized carbons (Fsp3) is 0.467. The molecule has 1 aromatic rings. The van der Waals surface area contributed by atoms with Crippen molar-refractivity contribution in [2.45, 2.75) is 25.5 Å². The van der Waals surface area contributed by atoms with Gasteiger partial charge in [0.1, 0.15) is 11.6 Å². The smallest absolute Gasteiger partial charge is 0.305 e. The Bertz CT molecular complexity index is 537. The molecule has 0 radical (unpaired) electrons. The van der Waals surface area contributed by atoms with Crippen molar-refractivity contribution < 1.29 is 23.8 Å². The Morgan fingerprint density at radius 1 is 1.45 bits per heavy atom. The summed E-state index contributed by atoms with van der Waals surface area (Å²) in [4.78, 5) is 25.0. The van der Waals surface area contributed by atoms with Crippen LogP contribution >= 0.6 is 11.8 Å². The molecular weight excluding hydrogens is 309 g/mol. The number of thioether (sulfide) groups is 1. The minimum Gasteiger partial charge on any atom is -0.481 e. The van der Waals surface area contributed by atoms with Crippen molar-refractivity contribution in [3.05, 3.63) is 30.1 Å². The lowest BCUT2D eigenvalue weighted by molar-refractivity contribution is -0.143. The molecule has 1 amide bonds. The highest BCUT2D eigenvalue weighted by Gasteiger charge is 2.32. The Hall–Kier alpha value is -1.76. The molecule has 1 aromatic carbocycles. The molecule has 0 aliphatic carbocycles. The Kier molecular flexibility index (Phi) is 5.65. The van der Waals surface area contributed by atoms with Crippen LogP contribution in [0.5, 0.6) is 5.75 Å². The van der Waals surface area contributed by atoms with Gasteiger partial charge in [-0.25, -0.2) is 4.39 Å². The predicted molar refractivity (Wildman–Crippen MR) is 81.6 cm³/mol. The van der Waals surface area contributed by atoms with Crippen LogP contribution in [-0.2, 0) is 9.59 Å². The number of benzene rings is 1. The number of halogens is 1. The lowest BCUT2D eigenvalue weighted by atomic mass is 10.1. The van der Waals surface area contributed by atoms with Gasteiger partial charge in [-0.05, 0) is 31.2 Å². The van der Waals surface area contributed by atoms with Gasteiger partial charge in [-0.1, -0.05) is 0 Å². The van der Waals surface area contributed by atoms with Crippen LogP contribution in [0.3, 0.4) is 0 Å². The topological polar surface area (TPSA) is 66.8 Å². The largest absolute Gasteiger partial charge is 0.481 e. The highest BCUT2D eigenvalue weighted by Crippen LogP contribution is 2.21. The lowest BCUT2D eigenvalue weighted by Crippen LogP contribution is -2.51. The molecule has 120 valence electrons. The van der Waals surface area contributed by atoms with Crippen LogP contribution in [-0.4, -0.2) is 52.1 Å². The third kappa shape index (κ3) is 4.37. The lowest BCUT2D eigenvalue weighted by Gasteiger charge is -2.36. The van der Waals surface area contributed by atoms with E-state index in [1.165, 1.54) is 24.3 Å². The monoisotopic (exact) mass is 327 g/mol. The summed E-state index contributed by atoms with van der Waals surface area (Å²) in [5.74, 6) is 0.268. The van der Waals surface area contributed by atoms with Gasteiger partial charge in [0.15, 0.2) is 6.10 Å². The van der Waals surface area contributed by atoms with Gasteiger partial charge in [-0.2, -0.15) is 11.8 Å². The van der Waals surface area contributed by atoms with Gasteiger partial charge in [-0.15, -0.1) is 0 Å². The number of carbonyl (C=O) groups excluding carboxylic acids is 1. The second-order valence-electron chi connectivity index (χ2n) is 5.07. The predicted octanol–water partition coefficient (Wildman–Crippen LogP) is 2.01. The first kappa shape index (κ1) is 16.6. The highest BCUT2D eigenvalue weighted by molar-refractivity contribution is 7.99. The molecule has 0 aromatic heterocycles. The minimum absolute atomic E-state index is 0.0675. The van der Waals surface area contributed by atoms with Crippen LogP contribution in [0.2, 0.25) is 0 Å². The second-order valence-corrected chi connectivity index (χ2v) is 6.22. The molecule has 2 rings (SSSR count). The van der Waals surface area contributed by atoms with Gasteiger partial charge >= 0.3 is 5.97 Å². The third-order valence-electron chi connectivity index (χ3n) is 3.40. The number of ether oxygens (including phenoxy) is 1. The molecule has 1 aliphatic heterocycles. The Labute approximate surface area is 132 Å². The number of carboxylic acid groups (broad SMARTS) is 1. The van der Waals surface area contributed by atoms with E-state index in [1.807, 2.05) is 0 Å². The van der Waals surface area contributed by atoms with Gasteiger partial charge in [-0.3, -0.25) is 9.59 Å². The Morgan fingerprint density at radius 2 is 2.14 bits per heavy atom. The van der Waals surface area contributed by atoms with Gasteiger partial charge in [0.2, 0.25) is 0 Å². The summed E-state index contributed by atoms with van der Waals surface area (Å²) in [6.07, 6.45) is -0.813. The molecule has 1 fully saturated rings. The standard InChI is InChI=1S/C15H18FNO4S/c1-10(21-13-4-2-11(16)3-5-13)15(20)17-6-7-22-9-12(17)8-14(18)19/h2-5,10,12H,6-9H2,1H3,(H,18,19). The minimum atomic E-state index is -0.919. The van der Waals surface area contributed by atoms with E-state index in [2.05, 4.69) is 0 Å². The summed E-state index contributed by atoms with van der Waals surface area (Å²) in [7, 11) is 0. The van der Waals surface area contributed by atoms with Crippen LogP contribution in [0, 0.1) is 5.82 Å². The molecule has 0 saturated carbocycles. The van der Waals surface area contributed by atoms with Crippen molar-refractivity contribution in [1.82, 2.24) is 4.90 Å². The zero-order valence-electron chi connectivity index (χ0n) is 12.2. The van der Waals surface area contributed by atoms with Crippen molar-refractivity contribution in [2.75, 3.05) is 18.1 Å². The van der Waals surface area contributed by atoms with E-state index >= 15 is 0 Å². The SMILES string of the molecule is CC(Oc1ccc(F)cc1)C(=O)N1CCSCC1CC(=O)O. The molecule has 1 N–H and O–H groups in total. The maximum Gasteiger partial charge on any atom is 0.305 e. The van der Waals surface area contributed by atoms with Crippen molar-refractivity contribution >= 4 is 23.6 Å². The van der Waals surface area contributed by atoms with Gasteiger partial charge in [0, 0.05) is 18.1 Å². The van der Waals surface area contributed by atoms with Crippen LogP contribution in [0.25, 0.3) is 0 Å². The fourth-order valence-electron chi connectivity index (χ4n) is 2.32. The molecule has 22 heavy (non-hydrogen) atoms. The number of carbonyl (C=O) groups is 2. The molecule has 7 heteroatoms. The van der Waals surface area contributed by atoms with E-state index in [0.29, 0.717) is 18.0 Å². The van der Waals surface area contributed by atoms with E-state index < -0.39 is 12.1 Å². The van der Waals surface area contributed by atoms with Gasteiger partial charge < -0.3 is 14.7 Å². The molecule has 1 heterocycles.